The van der Waals surface area contributed by atoms with Gasteiger partial charge in [-0.2, -0.15) is 0 Å². The lowest BCUT2D eigenvalue weighted by Gasteiger charge is -2.04. The van der Waals surface area contributed by atoms with Crippen molar-refractivity contribution in [1.29, 1.82) is 0 Å². The van der Waals surface area contributed by atoms with Crippen LogP contribution in [0.2, 0.25) is 0 Å². The topological polar surface area (TPSA) is 58.2 Å². The first-order chi connectivity index (χ1) is 7.70. The molecule has 4 heteroatoms. The van der Waals surface area contributed by atoms with Crippen molar-refractivity contribution in [1.82, 2.24) is 10.6 Å². The van der Waals surface area contributed by atoms with E-state index in [4.69, 9.17) is 6.42 Å². The van der Waals surface area contributed by atoms with Gasteiger partial charge in [-0.25, -0.2) is 0 Å². The molecule has 0 aliphatic rings. The molecule has 0 aromatic heterocycles. The second kappa shape index (κ2) is 10.0. The molecule has 0 unspecified atom stereocenters. The van der Waals surface area contributed by atoms with Gasteiger partial charge in [0.15, 0.2) is 0 Å². The molecule has 0 fully saturated rings. The van der Waals surface area contributed by atoms with E-state index < -0.39 is 0 Å². The highest BCUT2D eigenvalue weighted by molar-refractivity contribution is 5.78. The molecule has 0 aromatic rings. The Morgan fingerprint density at radius 3 is 2.31 bits per heavy atom. The van der Waals surface area contributed by atoms with E-state index in [1.807, 2.05) is 0 Å². The number of carbonyl (C=O) groups excluding carboxylic acids is 2. The number of hydrogen-bond acceptors (Lipinski definition) is 2. The molecule has 0 heterocycles. The normalized spacial score (nSPS) is 9.25. The second-order valence-corrected chi connectivity index (χ2v) is 3.54. The first-order valence-corrected chi connectivity index (χ1v) is 5.67. The van der Waals surface area contributed by atoms with Crippen LogP contribution in [0.1, 0.15) is 39.0 Å². The minimum Gasteiger partial charge on any atom is -0.356 e. The van der Waals surface area contributed by atoms with Crippen molar-refractivity contribution in [3.05, 3.63) is 0 Å². The summed E-state index contributed by atoms with van der Waals surface area (Å²) < 4.78 is 0. The first kappa shape index (κ1) is 14.5. The van der Waals surface area contributed by atoms with Crippen molar-refractivity contribution >= 4 is 11.8 Å². The summed E-state index contributed by atoms with van der Waals surface area (Å²) in [7, 11) is 0. The third-order valence-electron chi connectivity index (χ3n) is 2.05. The average Bonchev–Trinajstić information content (AvgIpc) is 2.26. The van der Waals surface area contributed by atoms with E-state index in [-0.39, 0.29) is 18.4 Å². The van der Waals surface area contributed by atoms with E-state index in [0.717, 1.165) is 19.4 Å². The van der Waals surface area contributed by atoms with Crippen molar-refractivity contribution in [3.63, 3.8) is 0 Å². The molecule has 0 rings (SSSR count). The van der Waals surface area contributed by atoms with Crippen LogP contribution in [0.5, 0.6) is 0 Å². The van der Waals surface area contributed by atoms with Crippen molar-refractivity contribution < 1.29 is 9.59 Å². The third-order valence-corrected chi connectivity index (χ3v) is 2.05. The fourth-order valence-corrected chi connectivity index (χ4v) is 1.14. The van der Waals surface area contributed by atoms with Crippen LogP contribution in [-0.4, -0.2) is 24.9 Å². The highest BCUT2D eigenvalue weighted by Gasteiger charge is 2.03. The molecule has 0 aromatic carbocycles. The monoisotopic (exact) mass is 224 g/mol. The molecule has 16 heavy (non-hydrogen) atoms. The molecule has 4 nitrogen and oxygen atoms in total. The van der Waals surface area contributed by atoms with Gasteiger partial charge in [-0.15, -0.1) is 6.42 Å². The van der Waals surface area contributed by atoms with Gasteiger partial charge in [0.05, 0.1) is 6.54 Å². The summed E-state index contributed by atoms with van der Waals surface area (Å²) in [5, 5.41) is 5.35. The second-order valence-electron chi connectivity index (χ2n) is 3.54. The van der Waals surface area contributed by atoms with Crippen molar-refractivity contribution in [3.8, 4) is 12.3 Å². The van der Waals surface area contributed by atoms with Gasteiger partial charge in [0, 0.05) is 19.4 Å². The molecule has 0 saturated carbocycles. The van der Waals surface area contributed by atoms with Gasteiger partial charge in [-0.1, -0.05) is 19.3 Å². The predicted molar refractivity (Wildman–Crippen MR) is 63.6 cm³/mol. The van der Waals surface area contributed by atoms with Crippen LogP contribution in [0, 0.1) is 12.3 Å². The van der Waals surface area contributed by atoms with Crippen molar-refractivity contribution in [2.24, 2.45) is 0 Å². The molecule has 0 spiro atoms. The molecule has 0 atom stereocenters. The van der Waals surface area contributed by atoms with Crippen LogP contribution < -0.4 is 10.6 Å². The zero-order valence-corrected chi connectivity index (χ0v) is 9.84. The summed E-state index contributed by atoms with van der Waals surface area (Å²) >= 11 is 0. The lowest BCUT2D eigenvalue weighted by Crippen LogP contribution is -2.26. The Hall–Kier alpha value is -1.50. The Morgan fingerprint density at radius 1 is 1.12 bits per heavy atom. The number of rotatable bonds is 8. The van der Waals surface area contributed by atoms with Gasteiger partial charge >= 0.3 is 0 Å². The number of hydrogen-bond donors (Lipinski definition) is 2. The van der Waals surface area contributed by atoms with Crippen LogP contribution in [0.3, 0.4) is 0 Å². The summed E-state index contributed by atoms with van der Waals surface area (Å²) in [5.41, 5.74) is 0. The molecule has 0 aliphatic carbocycles. The van der Waals surface area contributed by atoms with E-state index in [1.54, 1.807) is 0 Å². The van der Waals surface area contributed by atoms with Gasteiger partial charge in [0.25, 0.3) is 0 Å². The van der Waals surface area contributed by atoms with Crippen LogP contribution in [0.25, 0.3) is 0 Å². The van der Waals surface area contributed by atoms with Gasteiger partial charge in [0.2, 0.25) is 11.8 Å². The number of unbranched alkanes of at least 4 members (excludes halogenated alkanes) is 1. The Balaban J connectivity index is 3.40. The average molecular weight is 224 g/mol. The molecular weight excluding hydrogens is 204 g/mol. The molecule has 90 valence electrons. The van der Waals surface area contributed by atoms with Gasteiger partial charge in [-0.05, 0) is 12.8 Å². The molecule has 2 N–H and O–H groups in total. The first-order valence-electron chi connectivity index (χ1n) is 5.67. The molecule has 0 aliphatic heterocycles. The number of terminal acetylenes is 1. The Bertz CT molecular complexity index is 256. The standard InChI is InChI=1S/C12H20N2O2/c1-3-5-10-14-12(16)8-6-7-11(15)13-9-4-2/h2H,3,5-10H2,1H3,(H,13,15)(H,14,16). The van der Waals surface area contributed by atoms with Gasteiger partial charge in [-0.3, -0.25) is 9.59 Å². The summed E-state index contributed by atoms with van der Waals surface area (Å²) in [6.45, 7) is 3.04. The zero-order valence-electron chi connectivity index (χ0n) is 9.84. The molecule has 0 bridgehead atoms. The van der Waals surface area contributed by atoms with E-state index in [2.05, 4.69) is 23.5 Å². The number of carbonyl (C=O) groups is 2. The minimum absolute atomic E-state index is 0.0122. The molecule has 2 amide bonds. The van der Waals surface area contributed by atoms with E-state index in [0.29, 0.717) is 19.3 Å². The lowest BCUT2D eigenvalue weighted by atomic mass is 10.2. The van der Waals surface area contributed by atoms with Crippen LogP contribution in [0.15, 0.2) is 0 Å². The van der Waals surface area contributed by atoms with E-state index in [9.17, 15) is 9.59 Å². The maximum absolute atomic E-state index is 11.2. The summed E-state index contributed by atoms with van der Waals surface area (Å²) in [6, 6.07) is 0. The highest BCUT2D eigenvalue weighted by atomic mass is 16.2. The van der Waals surface area contributed by atoms with Crippen LogP contribution >= 0.6 is 0 Å². The fourth-order valence-electron chi connectivity index (χ4n) is 1.14. The quantitative estimate of drug-likeness (QED) is 0.474. The Kier molecular flexibility index (Phi) is 9.09. The maximum Gasteiger partial charge on any atom is 0.220 e. The van der Waals surface area contributed by atoms with E-state index in [1.165, 1.54) is 0 Å². The molecule has 0 radical (unpaired) electrons. The SMILES string of the molecule is C#CCNC(=O)CCCC(=O)NCCCC. The minimum atomic E-state index is -0.0979. The maximum atomic E-state index is 11.2. The molecule has 0 saturated heterocycles. The predicted octanol–water partition coefficient (Wildman–Crippen LogP) is 0.822. The summed E-state index contributed by atoms with van der Waals surface area (Å²) in [4.78, 5) is 22.3. The Morgan fingerprint density at radius 2 is 1.75 bits per heavy atom. The zero-order chi connectivity index (χ0) is 12.2. The van der Waals surface area contributed by atoms with Gasteiger partial charge in [0.1, 0.15) is 0 Å². The van der Waals surface area contributed by atoms with Gasteiger partial charge < -0.3 is 10.6 Å². The van der Waals surface area contributed by atoms with Crippen LogP contribution in [-0.2, 0) is 9.59 Å². The van der Waals surface area contributed by atoms with E-state index >= 15 is 0 Å². The molecular formula is C12H20N2O2. The smallest absolute Gasteiger partial charge is 0.220 e. The fraction of sp³-hybridized carbons (Fsp3) is 0.667. The highest BCUT2D eigenvalue weighted by Crippen LogP contribution is 1.95. The number of amides is 2. The van der Waals surface area contributed by atoms with Crippen LogP contribution in [0.4, 0.5) is 0 Å². The van der Waals surface area contributed by atoms with Crippen molar-refractivity contribution in [2.45, 2.75) is 39.0 Å². The summed E-state index contributed by atoms with van der Waals surface area (Å²) in [6.07, 6.45) is 8.36. The van der Waals surface area contributed by atoms with Crippen molar-refractivity contribution in [2.75, 3.05) is 13.1 Å². The third kappa shape index (κ3) is 9.07. The summed E-state index contributed by atoms with van der Waals surface area (Å²) in [5.74, 6) is 2.24. The number of nitrogens with one attached hydrogen (secondary N) is 2. The Labute approximate surface area is 97.2 Å². The lowest BCUT2D eigenvalue weighted by molar-refractivity contribution is -0.122. The largest absolute Gasteiger partial charge is 0.356 e.